The van der Waals surface area contributed by atoms with Gasteiger partial charge in [0.05, 0.1) is 24.3 Å². The maximum Gasteiger partial charge on any atom is 0.337 e. The number of rotatable bonds is 8. The molecule has 166 valence electrons. The van der Waals surface area contributed by atoms with Crippen molar-refractivity contribution < 1.29 is 9.53 Å². The summed E-state index contributed by atoms with van der Waals surface area (Å²) in [7, 11) is 1.42. The third-order valence-corrected chi connectivity index (χ3v) is 6.57. The second kappa shape index (κ2) is 10.5. The Hall–Kier alpha value is -3.10. The summed E-state index contributed by atoms with van der Waals surface area (Å²) in [5, 5.41) is 10.1. The molecule has 3 aromatic rings. The van der Waals surface area contributed by atoms with Gasteiger partial charge >= 0.3 is 5.97 Å². The van der Waals surface area contributed by atoms with Crippen LogP contribution in [0.3, 0.4) is 0 Å². The summed E-state index contributed by atoms with van der Waals surface area (Å²) >= 11 is 0. The number of aromatic nitrogens is 1. The number of hydrogen-bond acceptors (Lipinski definition) is 4. The minimum atomic E-state index is -0.292. The smallest absolute Gasteiger partial charge is 0.337 e. The molecule has 0 radical (unpaired) electrons. The van der Waals surface area contributed by atoms with Crippen molar-refractivity contribution in [1.29, 1.82) is 5.26 Å². The SMILES string of the molecule is COC(=O)c1ccc2[nH]cc(CCCCN3CCCC(Cc4ccc(C#N)cc4)C3)c2c1. The number of nitriles is 1. The fourth-order valence-corrected chi connectivity index (χ4v) is 4.85. The number of unbranched alkanes of at least 4 members (excludes halogenated alkanes) is 1. The van der Waals surface area contributed by atoms with Crippen LogP contribution < -0.4 is 0 Å². The van der Waals surface area contributed by atoms with Gasteiger partial charge in [0.15, 0.2) is 0 Å². The van der Waals surface area contributed by atoms with E-state index in [1.54, 1.807) is 6.07 Å². The molecule has 32 heavy (non-hydrogen) atoms. The third-order valence-electron chi connectivity index (χ3n) is 6.57. The van der Waals surface area contributed by atoms with Gasteiger partial charge in [0, 0.05) is 23.6 Å². The van der Waals surface area contributed by atoms with Crippen LogP contribution in [0.25, 0.3) is 10.9 Å². The molecule has 1 N–H and O–H groups in total. The van der Waals surface area contributed by atoms with Gasteiger partial charge in [-0.05, 0) is 99.0 Å². The highest BCUT2D eigenvalue weighted by molar-refractivity contribution is 5.95. The molecule has 5 heteroatoms. The molecule has 1 aliphatic rings. The molecule has 2 heterocycles. The number of ether oxygens (including phenoxy) is 1. The quantitative estimate of drug-likeness (QED) is 0.399. The van der Waals surface area contributed by atoms with E-state index >= 15 is 0 Å². The van der Waals surface area contributed by atoms with E-state index in [1.165, 1.54) is 44.0 Å². The highest BCUT2D eigenvalue weighted by Gasteiger charge is 2.20. The number of fused-ring (bicyclic) bond motifs is 1. The summed E-state index contributed by atoms with van der Waals surface area (Å²) in [5.41, 5.74) is 5.00. The standard InChI is InChI=1S/C27H31N3O2/c1-32-27(31)23-11-12-26-25(16-23)24(18-29-26)6-2-3-13-30-14-4-5-22(19-30)15-20-7-9-21(17-28)10-8-20/h7-12,16,18,22,29H,2-6,13-15,19H2,1H3. The number of aryl methyl sites for hydroxylation is 1. The second-order valence-corrected chi connectivity index (χ2v) is 8.84. The molecule has 1 fully saturated rings. The number of hydrogen-bond donors (Lipinski definition) is 1. The molecular weight excluding hydrogens is 398 g/mol. The van der Waals surface area contributed by atoms with Crippen LogP contribution >= 0.6 is 0 Å². The Bertz CT molecular complexity index is 1090. The summed E-state index contributed by atoms with van der Waals surface area (Å²) in [5.74, 6) is 0.404. The average molecular weight is 430 g/mol. The number of nitrogens with one attached hydrogen (secondary N) is 1. The molecule has 1 aromatic heterocycles. The number of carbonyl (C=O) groups excluding carboxylic acids is 1. The van der Waals surface area contributed by atoms with Crippen LogP contribution in [0, 0.1) is 17.2 Å². The summed E-state index contributed by atoms with van der Waals surface area (Å²) < 4.78 is 4.86. The molecule has 0 bridgehead atoms. The molecule has 5 nitrogen and oxygen atoms in total. The number of H-pyrrole nitrogens is 1. The van der Waals surface area contributed by atoms with E-state index in [2.05, 4.69) is 34.3 Å². The number of piperidine rings is 1. The molecular formula is C27H31N3O2. The zero-order valence-electron chi connectivity index (χ0n) is 18.8. The van der Waals surface area contributed by atoms with Gasteiger partial charge in [-0.2, -0.15) is 5.26 Å². The lowest BCUT2D eigenvalue weighted by Crippen LogP contribution is -2.36. The molecule has 1 saturated heterocycles. The molecule has 1 atom stereocenters. The first-order valence-electron chi connectivity index (χ1n) is 11.6. The minimum Gasteiger partial charge on any atom is -0.465 e. The Labute approximate surface area is 190 Å². The van der Waals surface area contributed by atoms with E-state index in [4.69, 9.17) is 10.00 Å². The maximum absolute atomic E-state index is 11.8. The van der Waals surface area contributed by atoms with Crippen LogP contribution in [-0.2, 0) is 17.6 Å². The van der Waals surface area contributed by atoms with Crippen molar-refractivity contribution >= 4 is 16.9 Å². The minimum absolute atomic E-state index is 0.292. The van der Waals surface area contributed by atoms with Gasteiger partial charge in [0.1, 0.15) is 0 Å². The second-order valence-electron chi connectivity index (χ2n) is 8.84. The number of benzene rings is 2. The average Bonchev–Trinajstić information content (AvgIpc) is 3.24. The first-order chi connectivity index (χ1) is 15.7. The number of carbonyl (C=O) groups is 1. The molecule has 2 aromatic carbocycles. The van der Waals surface area contributed by atoms with Gasteiger partial charge in [-0.25, -0.2) is 4.79 Å². The Morgan fingerprint density at radius 1 is 1.22 bits per heavy atom. The topological polar surface area (TPSA) is 69.1 Å². The zero-order chi connectivity index (χ0) is 22.3. The highest BCUT2D eigenvalue weighted by Crippen LogP contribution is 2.24. The van der Waals surface area contributed by atoms with Crippen LogP contribution in [0.2, 0.25) is 0 Å². The Morgan fingerprint density at radius 2 is 2.06 bits per heavy atom. The Kier molecular flexibility index (Phi) is 7.24. The molecule has 0 aliphatic carbocycles. The van der Waals surface area contributed by atoms with Crippen LogP contribution in [0.15, 0.2) is 48.7 Å². The summed E-state index contributed by atoms with van der Waals surface area (Å²) in [6.07, 6.45) is 9.03. The Morgan fingerprint density at radius 3 is 2.84 bits per heavy atom. The van der Waals surface area contributed by atoms with E-state index < -0.39 is 0 Å². The normalized spacial score (nSPS) is 16.7. The molecule has 0 saturated carbocycles. The van der Waals surface area contributed by atoms with Gasteiger partial charge in [0.2, 0.25) is 0 Å². The highest BCUT2D eigenvalue weighted by atomic mass is 16.5. The lowest BCUT2D eigenvalue weighted by atomic mass is 9.91. The molecule has 0 amide bonds. The van der Waals surface area contributed by atoms with Gasteiger partial charge in [0.25, 0.3) is 0 Å². The van der Waals surface area contributed by atoms with E-state index in [9.17, 15) is 4.79 Å². The largest absolute Gasteiger partial charge is 0.465 e. The van der Waals surface area contributed by atoms with E-state index in [0.29, 0.717) is 11.5 Å². The number of likely N-dealkylation sites (tertiary alicyclic amines) is 1. The van der Waals surface area contributed by atoms with E-state index in [-0.39, 0.29) is 5.97 Å². The van der Waals surface area contributed by atoms with Crippen molar-refractivity contribution in [2.45, 2.75) is 38.5 Å². The van der Waals surface area contributed by atoms with Crippen LogP contribution in [0.5, 0.6) is 0 Å². The summed E-state index contributed by atoms with van der Waals surface area (Å²) in [6, 6.07) is 15.9. The number of aromatic amines is 1. The van der Waals surface area contributed by atoms with Crippen molar-refractivity contribution in [3.8, 4) is 6.07 Å². The lowest BCUT2D eigenvalue weighted by Gasteiger charge is -2.32. The van der Waals surface area contributed by atoms with Crippen molar-refractivity contribution in [3.63, 3.8) is 0 Å². The van der Waals surface area contributed by atoms with E-state index in [0.717, 1.165) is 48.8 Å². The maximum atomic E-state index is 11.8. The third kappa shape index (κ3) is 5.38. The monoisotopic (exact) mass is 429 g/mol. The fourth-order valence-electron chi connectivity index (χ4n) is 4.85. The molecule has 0 spiro atoms. The fraction of sp³-hybridized carbons (Fsp3) is 0.407. The number of methoxy groups -OCH3 is 1. The first-order valence-corrected chi connectivity index (χ1v) is 11.6. The first kappa shape index (κ1) is 22.1. The molecule has 1 unspecified atom stereocenters. The van der Waals surface area contributed by atoms with E-state index in [1.807, 2.05) is 24.3 Å². The number of esters is 1. The van der Waals surface area contributed by atoms with Crippen molar-refractivity contribution in [2.75, 3.05) is 26.7 Å². The van der Waals surface area contributed by atoms with Gasteiger partial charge in [-0.1, -0.05) is 12.1 Å². The van der Waals surface area contributed by atoms with Gasteiger partial charge < -0.3 is 14.6 Å². The van der Waals surface area contributed by atoms with Gasteiger partial charge in [-0.3, -0.25) is 0 Å². The van der Waals surface area contributed by atoms with Crippen molar-refractivity contribution in [3.05, 3.63) is 70.9 Å². The summed E-state index contributed by atoms with van der Waals surface area (Å²) in [4.78, 5) is 17.8. The lowest BCUT2D eigenvalue weighted by molar-refractivity contribution is 0.0601. The van der Waals surface area contributed by atoms with Crippen LogP contribution in [0.1, 0.15) is 52.7 Å². The predicted octanol–water partition coefficient (Wildman–Crippen LogP) is 5.10. The van der Waals surface area contributed by atoms with Crippen molar-refractivity contribution in [1.82, 2.24) is 9.88 Å². The van der Waals surface area contributed by atoms with Crippen LogP contribution in [0.4, 0.5) is 0 Å². The van der Waals surface area contributed by atoms with Crippen molar-refractivity contribution in [2.24, 2.45) is 5.92 Å². The molecule has 4 rings (SSSR count). The zero-order valence-corrected chi connectivity index (χ0v) is 18.8. The number of nitrogens with zero attached hydrogens (tertiary/aromatic N) is 2. The summed E-state index contributed by atoms with van der Waals surface area (Å²) in [6.45, 7) is 3.49. The Balaban J connectivity index is 1.25. The van der Waals surface area contributed by atoms with Crippen LogP contribution in [-0.4, -0.2) is 42.6 Å². The van der Waals surface area contributed by atoms with Gasteiger partial charge in [-0.15, -0.1) is 0 Å². The predicted molar refractivity (Wildman–Crippen MR) is 127 cm³/mol. The molecule has 1 aliphatic heterocycles.